The van der Waals surface area contributed by atoms with Crippen molar-refractivity contribution in [3.63, 3.8) is 0 Å². The van der Waals surface area contributed by atoms with E-state index < -0.39 is 0 Å². The van der Waals surface area contributed by atoms with Gasteiger partial charge in [-0.15, -0.1) is 10.2 Å². The third-order valence-electron chi connectivity index (χ3n) is 4.20. The van der Waals surface area contributed by atoms with Gasteiger partial charge in [0.15, 0.2) is 5.16 Å². The first-order chi connectivity index (χ1) is 14.1. The maximum atomic E-state index is 13.1. The summed E-state index contributed by atoms with van der Waals surface area (Å²) in [5.74, 6) is -0.149. The van der Waals surface area contributed by atoms with Gasteiger partial charge in [-0.25, -0.2) is 4.98 Å². The van der Waals surface area contributed by atoms with Gasteiger partial charge in [0.25, 0.3) is 5.56 Å². The molecule has 0 bridgehead atoms. The van der Waals surface area contributed by atoms with Crippen LogP contribution in [0.25, 0.3) is 21.9 Å². The third-order valence-corrected chi connectivity index (χ3v) is 5.93. The summed E-state index contributed by atoms with van der Waals surface area (Å²) in [6.07, 6.45) is 0. The maximum Gasteiger partial charge on any atom is 0.278 e. The second-order valence-electron chi connectivity index (χ2n) is 6.20. The molecule has 3 aromatic heterocycles. The Morgan fingerprint density at radius 2 is 2.17 bits per heavy atom. The van der Waals surface area contributed by atoms with Gasteiger partial charge in [0.1, 0.15) is 16.0 Å². The summed E-state index contributed by atoms with van der Waals surface area (Å²) in [5.41, 5.74) is 1.70. The molecule has 0 saturated carbocycles. The topological polar surface area (TPSA) is 115 Å². The SMILES string of the molecule is COCCn1c(SCC(=O)Nc2nnc(C)s2)nc2c([nH]c3ccccc32)c1=O. The van der Waals surface area contributed by atoms with E-state index in [9.17, 15) is 9.59 Å². The van der Waals surface area contributed by atoms with E-state index >= 15 is 0 Å². The van der Waals surface area contributed by atoms with E-state index in [1.54, 1.807) is 7.11 Å². The molecule has 1 aromatic carbocycles. The van der Waals surface area contributed by atoms with Gasteiger partial charge in [0.05, 0.1) is 18.9 Å². The van der Waals surface area contributed by atoms with Crippen LogP contribution in [-0.2, 0) is 16.1 Å². The fourth-order valence-electron chi connectivity index (χ4n) is 2.90. The number of H-pyrrole nitrogens is 1. The lowest BCUT2D eigenvalue weighted by molar-refractivity contribution is -0.113. The smallest absolute Gasteiger partial charge is 0.278 e. The van der Waals surface area contributed by atoms with Gasteiger partial charge in [0, 0.05) is 18.0 Å². The summed E-state index contributed by atoms with van der Waals surface area (Å²) in [4.78, 5) is 33.2. The number of nitrogens with one attached hydrogen (secondary N) is 2. The Hall–Kier alpha value is -2.76. The number of aromatic amines is 1. The number of thioether (sulfide) groups is 1. The number of hydrogen-bond acceptors (Lipinski definition) is 8. The van der Waals surface area contributed by atoms with Crippen LogP contribution in [0.2, 0.25) is 0 Å². The molecule has 0 spiro atoms. The summed E-state index contributed by atoms with van der Waals surface area (Å²) in [6, 6.07) is 7.62. The largest absolute Gasteiger partial charge is 0.383 e. The molecule has 29 heavy (non-hydrogen) atoms. The van der Waals surface area contributed by atoms with Crippen LogP contribution in [0, 0.1) is 6.92 Å². The molecular weight excluding hydrogens is 412 g/mol. The highest BCUT2D eigenvalue weighted by atomic mass is 32.2. The number of aryl methyl sites for hydroxylation is 1. The van der Waals surface area contributed by atoms with Crippen molar-refractivity contribution >= 4 is 56.1 Å². The number of ether oxygens (including phenoxy) is 1. The van der Waals surface area contributed by atoms with E-state index in [-0.39, 0.29) is 17.2 Å². The first-order valence-corrected chi connectivity index (χ1v) is 10.6. The lowest BCUT2D eigenvalue weighted by Crippen LogP contribution is -2.26. The molecule has 2 N–H and O–H groups in total. The van der Waals surface area contributed by atoms with Gasteiger partial charge in [-0.2, -0.15) is 0 Å². The number of carbonyl (C=O) groups is 1. The van der Waals surface area contributed by atoms with Crippen molar-refractivity contribution in [2.45, 2.75) is 18.6 Å². The Bertz CT molecular complexity index is 1250. The number of anilines is 1. The van der Waals surface area contributed by atoms with E-state index in [1.807, 2.05) is 31.2 Å². The molecule has 0 unspecified atom stereocenters. The number of hydrogen-bond donors (Lipinski definition) is 2. The van der Waals surface area contributed by atoms with Gasteiger partial charge in [-0.1, -0.05) is 41.3 Å². The molecule has 11 heteroatoms. The van der Waals surface area contributed by atoms with Crippen molar-refractivity contribution in [1.82, 2.24) is 24.7 Å². The van der Waals surface area contributed by atoms with E-state index in [1.165, 1.54) is 27.7 Å². The molecule has 4 rings (SSSR count). The normalized spacial score (nSPS) is 11.4. The minimum absolute atomic E-state index is 0.0892. The van der Waals surface area contributed by atoms with Gasteiger partial charge in [-0.3, -0.25) is 19.5 Å². The minimum Gasteiger partial charge on any atom is -0.383 e. The fraction of sp³-hybridized carbons (Fsp3) is 0.278. The van der Waals surface area contributed by atoms with Crippen molar-refractivity contribution in [1.29, 1.82) is 0 Å². The van der Waals surface area contributed by atoms with E-state index in [0.29, 0.717) is 34.5 Å². The van der Waals surface area contributed by atoms with Crippen LogP contribution < -0.4 is 10.9 Å². The lowest BCUT2D eigenvalue weighted by atomic mass is 10.2. The van der Waals surface area contributed by atoms with Gasteiger partial charge >= 0.3 is 0 Å². The molecule has 4 aromatic rings. The molecule has 1 amide bonds. The van der Waals surface area contributed by atoms with Crippen molar-refractivity contribution in [2.24, 2.45) is 0 Å². The molecule has 0 fully saturated rings. The average molecular weight is 431 g/mol. The molecule has 0 atom stereocenters. The standard InChI is InChI=1S/C18H18N6O3S2/c1-10-22-23-17(29-10)20-13(25)9-28-18-21-14-11-5-3-4-6-12(11)19-15(14)16(26)24(18)7-8-27-2/h3-6,19H,7-9H2,1-2H3,(H,20,23,25). The summed E-state index contributed by atoms with van der Waals surface area (Å²) >= 11 is 2.50. The number of aromatic nitrogens is 5. The number of amides is 1. The number of methoxy groups -OCH3 is 1. The summed E-state index contributed by atoms with van der Waals surface area (Å²) in [6.45, 7) is 2.52. The van der Waals surface area contributed by atoms with Crippen molar-refractivity contribution < 1.29 is 9.53 Å². The van der Waals surface area contributed by atoms with Gasteiger partial charge < -0.3 is 9.72 Å². The van der Waals surface area contributed by atoms with E-state index in [0.717, 1.165) is 15.9 Å². The molecule has 0 saturated heterocycles. The van der Waals surface area contributed by atoms with Crippen LogP contribution in [0.15, 0.2) is 34.2 Å². The van der Waals surface area contributed by atoms with Crippen LogP contribution in [0.4, 0.5) is 5.13 Å². The second kappa shape index (κ2) is 8.31. The predicted molar refractivity (Wildman–Crippen MR) is 114 cm³/mol. The second-order valence-corrected chi connectivity index (χ2v) is 8.33. The Morgan fingerprint density at radius 3 is 2.93 bits per heavy atom. The predicted octanol–water partition coefficient (Wildman–Crippen LogP) is 2.41. The number of benzene rings is 1. The van der Waals surface area contributed by atoms with Crippen LogP contribution in [-0.4, -0.2) is 50.1 Å². The van der Waals surface area contributed by atoms with Crippen LogP contribution in [0.5, 0.6) is 0 Å². The zero-order valence-corrected chi connectivity index (χ0v) is 17.4. The lowest BCUT2D eigenvalue weighted by Gasteiger charge is -2.11. The van der Waals surface area contributed by atoms with Crippen molar-refractivity contribution in [3.8, 4) is 0 Å². The third kappa shape index (κ3) is 4.02. The molecule has 0 radical (unpaired) electrons. The van der Waals surface area contributed by atoms with Crippen LogP contribution >= 0.6 is 23.1 Å². The number of carbonyl (C=O) groups excluding carboxylic acids is 1. The summed E-state index contributed by atoms with van der Waals surface area (Å²) in [7, 11) is 1.57. The number of rotatable bonds is 7. The first kappa shape index (κ1) is 19.6. The van der Waals surface area contributed by atoms with Crippen LogP contribution in [0.3, 0.4) is 0 Å². The number of para-hydroxylation sites is 1. The van der Waals surface area contributed by atoms with Gasteiger partial charge in [-0.05, 0) is 13.0 Å². The Morgan fingerprint density at radius 1 is 1.34 bits per heavy atom. The monoisotopic (exact) mass is 430 g/mol. The summed E-state index contributed by atoms with van der Waals surface area (Å²) in [5, 5.41) is 13.0. The zero-order valence-electron chi connectivity index (χ0n) is 15.8. The Balaban J connectivity index is 1.66. The van der Waals surface area contributed by atoms with Crippen LogP contribution in [0.1, 0.15) is 5.01 Å². The highest BCUT2D eigenvalue weighted by Crippen LogP contribution is 2.25. The number of fused-ring (bicyclic) bond motifs is 3. The minimum atomic E-state index is -0.238. The average Bonchev–Trinajstić information content (AvgIpc) is 3.29. The Kier molecular flexibility index (Phi) is 5.60. The first-order valence-electron chi connectivity index (χ1n) is 8.79. The molecule has 9 nitrogen and oxygen atoms in total. The maximum absolute atomic E-state index is 13.1. The molecule has 0 aliphatic carbocycles. The summed E-state index contributed by atoms with van der Waals surface area (Å²) < 4.78 is 6.67. The fourth-order valence-corrected chi connectivity index (χ4v) is 4.32. The molecule has 150 valence electrons. The molecule has 0 aliphatic rings. The number of nitrogens with zero attached hydrogens (tertiary/aromatic N) is 4. The highest BCUT2D eigenvalue weighted by molar-refractivity contribution is 7.99. The molecular formula is C18H18N6O3S2. The van der Waals surface area contributed by atoms with E-state index in [4.69, 9.17) is 9.72 Å². The van der Waals surface area contributed by atoms with Crippen molar-refractivity contribution in [3.05, 3.63) is 39.6 Å². The highest BCUT2D eigenvalue weighted by Gasteiger charge is 2.17. The van der Waals surface area contributed by atoms with Gasteiger partial charge in [0.2, 0.25) is 11.0 Å². The van der Waals surface area contributed by atoms with Crippen molar-refractivity contribution in [2.75, 3.05) is 24.8 Å². The molecule has 0 aliphatic heterocycles. The Labute approximate surface area is 173 Å². The zero-order chi connectivity index (χ0) is 20.4. The quantitative estimate of drug-likeness (QED) is 0.342. The molecule has 3 heterocycles. The van der Waals surface area contributed by atoms with E-state index in [2.05, 4.69) is 20.5 Å².